The quantitative estimate of drug-likeness (QED) is 0.251. The standard InChI is InChI=1S/C13H17NO4/c14-11-5-7-12(8-6-11)18-13(16)4-2-1-3-9-17-10-15/h5-8,10H,1-4,9,14H2. The molecule has 0 fully saturated rings. The van der Waals surface area contributed by atoms with Crippen LogP contribution in [0.25, 0.3) is 0 Å². The number of anilines is 1. The van der Waals surface area contributed by atoms with Crippen LogP contribution in [0.4, 0.5) is 5.69 Å². The number of carbonyl (C=O) groups is 2. The summed E-state index contributed by atoms with van der Waals surface area (Å²) >= 11 is 0. The van der Waals surface area contributed by atoms with Gasteiger partial charge in [-0.2, -0.15) is 0 Å². The zero-order valence-electron chi connectivity index (χ0n) is 10.1. The Balaban J connectivity index is 2.14. The van der Waals surface area contributed by atoms with Crippen LogP contribution in [0.15, 0.2) is 24.3 Å². The van der Waals surface area contributed by atoms with Crippen molar-refractivity contribution in [3.63, 3.8) is 0 Å². The average Bonchev–Trinajstić information content (AvgIpc) is 2.36. The number of nitrogens with two attached hydrogens (primary N) is 1. The highest BCUT2D eigenvalue weighted by molar-refractivity contribution is 5.72. The van der Waals surface area contributed by atoms with Gasteiger partial charge in [-0.1, -0.05) is 0 Å². The van der Waals surface area contributed by atoms with Gasteiger partial charge in [-0.05, 0) is 43.5 Å². The van der Waals surface area contributed by atoms with Gasteiger partial charge >= 0.3 is 5.97 Å². The molecule has 0 unspecified atom stereocenters. The van der Waals surface area contributed by atoms with E-state index < -0.39 is 0 Å². The number of rotatable bonds is 8. The lowest BCUT2D eigenvalue weighted by Gasteiger charge is -2.04. The fourth-order valence-electron chi connectivity index (χ4n) is 1.40. The van der Waals surface area contributed by atoms with Gasteiger partial charge in [-0.3, -0.25) is 9.59 Å². The van der Waals surface area contributed by atoms with Crippen molar-refractivity contribution in [2.24, 2.45) is 0 Å². The number of unbranched alkanes of at least 4 members (excludes halogenated alkanes) is 2. The van der Waals surface area contributed by atoms with Gasteiger partial charge in [0.05, 0.1) is 6.61 Å². The van der Waals surface area contributed by atoms with Crippen LogP contribution in [-0.2, 0) is 14.3 Å². The Morgan fingerprint density at radius 1 is 1.17 bits per heavy atom. The van der Waals surface area contributed by atoms with Crippen LogP contribution in [0.1, 0.15) is 25.7 Å². The number of ether oxygens (including phenoxy) is 2. The molecule has 5 heteroatoms. The lowest BCUT2D eigenvalue weighted by atomic mass is 10.2. The normalized spacial score (nSPS) is 9.78. The van der Waals surface area contributed by atoms with E-state index in [0.717, 1.165) is 19.3 Å². The van der Waals surface area contributed by atoms with Crippen LogP contribution >= 0.6 is 0 Å². The van der Waals surface area contributed by atoms with E-state index in [2.05, 4.69) is 4.74 Å². The predicted octanol–water partition coefficient (Wildman–Crippen LogP) is 1.91. The molecule has 1 aromatic carbocycles. The van der Waals surface area contributed by atoms with Crippen LogP contribution < -0.4 is 10.5 Å². The van der Waals surface area contributed by atoms with Crippen molar-refractivity contribution in [2.45, 2.75) is 25.7 Å². The maximum absolute atomic E-state index is 11.4. The maximum atomic E-state index is 11.4. The van der Waals surface area contributed by atoms with Crippen LogP contribution in [0.3, 0.4) is 0 Å². The van der Waals surface area contributed by atoms with Crippen LogP contribution in [0.5, 0.6) is 5.75 Å². The lowest BCUT2D eigenvalue weighted by Crippen LogP contribution is -2.07. The van der Waals surface area contributed by atoms with E-state index in [1.54, 1.807) is 24.3 Å². The maximum Gasteiger partial charge on any atom is 0.311 e. The summed E-state index contributed by atoms with van der Waals surface area (Å²) in [5, 5.41) is 0. The van der Waals surface area contributed by atoms with E-state index >= 15 is 0 Å². The molecule has 0 saturated carbocycles. The number of carbonyl (C=O) groups excluding carboxylic acids is 2. The van der Waals surface area contributed by atoms with Gasteiger partial charge in [0.2, 0.25) is 0 Å². The topological polar surface area (TPSA) is 78.6 Å². The van der Waals surface area contributed by atoms with Crippen LogP contribution in [0, 0.1) is 0 Å². The van der Waals surface area contributed by atoms with Crippen LogP contribution in [0.2, 0.25) is 0 Å². The third-order valence-corrected chi connectivity index (χ3v) is 2.32. The average molecular weight is 251 g/mol. The highest BCUT2D eigenvalue weighted by atomic mass is 16.5. The van der Waals surface area contributed by atoms with Crippen molar-refractivity contribution >= 4 is 18.1 Å². The van der Waals surface area contributed by atoms with E-state index in [0.29, 0.717) is 30.9 Å². The molecule has 18 heavy (non-hydrogen) atoms. The minimum atomic E-state index is -0.268. The molecule has 0 bridgehead atoms. The van der Waals surface area contributed by atoms with E-state index in [1.807, 2.05) is 0 Å². The Kier molecular flexibility index (Phi) is 6.32. The van der Waals surface area contributed by atoms with Gasteiger partial charge in [0.1, 0.15) is 5.75 Å². The second-order valence-electron chi connectivity index (χ2n) is 3.82. The summed E-state index contributed by atoms with van der Waals surface area (Å²) < 4.78 is 9.65. The van der Waals surface area contributed by atoms with Gasteiger partial charge < -0.3 is 15.2 Å². The summed E-state index contributed by atoms with van der Waals surface area (Å²) in [6.45, 7) is 0.825. The second-order valence-corrected chi connectivity index (χ2v) is 3.82. The minimum absolute atomic E-state index is 0.268. The van der Waals surface area contributed by atoms with E-state index in [9.17, 15) is 9.59 Å². The fraction of sp³-hybridized carbons (Fsp3) is 0.385. The Bertz CT molecular complexity index is 375. The van der Waals surface area contributed by atoms with Crippen molar-refractivity contribution < 1.29 is 19.1 Å². The molecule has 5 nitrogen and oxygen atoms in total. The first-order chi connectivity index (χ1) is 8.72. The zero-order valence-corrected chi connectivity index (χ0v) is 10.1. The number of hydrogen-bond donors (Lipinski definition) is 1. The van der Waals surface area contributed by atoms with Crippen molar-refractivity contribution in [3.05, 3.63) is 24.3 Å². The molecule has 0 aliphatic rings. The first kappa shape index (κ1) is 14.0. The first-order valence-corrected chi connectivity index (χ1v) is 5.84. The molecule has 0 aliphatic heterocycles. The Labute approximate surface area is 106 Å². The molecule has 0 saturated heterocycles. The third kappa shape index (κ3) is 5.89. The van der Waals surface area contributed by atoms with Gasteiger partial charge in [-0.15, -0.1) is 0 Å². The molecule has 0 aromatic heterocycles. The summed E-state index contributed by atoms with van der Waals surface area (Å²) in [5.41, 5.74) is 6.15. The fourth-order valence-corrected chi connectivity index (χ4v) is 1.40. The summed E-state index contributed by atoms with van der Waals surface area (Å²) in [7, 11) is 0. The number of hydrogen-bond acceptors (Lipinski definition) is 5. The molecule has 0 heterocycles. The molecular weight excluding hydrogens is 234 g/mol. The molecule has 0 radical (unpaired) electrons. The first-order valence-electron chi connectivity index (χ1n) is 5.84. The summed E-state index contributed by atoms with van der Waals surface area (Å²) in [5.74, 6) is 0.231. The Hall–Kier alpha value is -2.04. The highest BCUT2D eigenvalue weighted by Crippen LogP contribution is 2.14. The SMILES string of the molecule is Nc1ccc(OC(=O)CCCCCOC=O)cc1. The number of esters is 1. The van der Waals surface area contributed by atoms with Gasteiger partial charge in [-0.25, -0.2) is 0 Å². The van der Waals surface area contributed by atoms with Crippen molar-refractivity contribution in [3.8, 4) is 5.75 Å². The predicted molar refractivity (Wildman–Crippen MR) is 67.0 cm³/mol. The van der Waals surface area contributed by atoms with E-state index in [4.69, 9.17) is 10.5 Å². The number of benzene rings is 1. The summed E-state index contributed by atoms with van der Waals surface area (Å²) in [4.78, 5) is 21.3. The molecule has 98 valence electrons. The molecule has 0 atom stereocenters. The molecule has 2 N–H and O–H groups in total. The molecule has 0 spiro atoms. The summed E-state index contributed by atoms with van der Waals surface area (Å²) in [6.07, 6.45) is 2.65. The van der Waals surface area contributed by atoms with Gasteiger partial charge in [0.25, 0.3) is 6.47 Å². The van der Waals surface area contributed by atoms with Crippen molar-refractivity contribution in [2.75, 3.05) is 12.3 Å². The Morgan fingerprint density at radius 3 is 2.56 bits per heavy atom. The van der Waals surface area contributed by atoms with Crippen molar-refractivity contribution in [1.29, 1.82) is 0 Å². The largest absolute Gasteiger partial charge is 0.468 e. The second kappa shape index (κ2) is 8.11. The monoisotopic (exact) mass is 251 g/mol. The number of nitrogen functional groups attached to an aromatic ring is 1. The van der Waals surface area contributed by atoms with Gasteiger partial charge in [0, 0.05) is 12.1 Å². The molecule has 1 aromatic rings. The van der Waals surface area contributed by atoms with Crippen LogP contribution in [-0.4, -0.2) is 19.0 Å². The Morgan fingerprint density at radius 2 is 1.89 bits per heavy atom. The van der Waals surface area contributed by atoms with E-state index in [-0.39, 0.29) is 5.97 Å². The molecule has 0 amide bonds. The minimum Gasteiger partial charge on any atom is -0.468 e. The van der Waals surface area contributed by atoms with E-state index in [1.165, 1.54) is 0 Å². The molecule has 1 rings (SSSR count). The highest BCUT2D eigenvalue weighted by Gasteiger charge is 2.04. The molecule has 0 aliphatic carbocycles. The smallest absolute Gasteiger partial charge is 0.311 e. The van der Waals surface area contributed by atoms with Gasteiger partial charge in [0.15, 0.2) is 0 Å². The zero-order chi connectivity index (χ0) is 13.2. The lowest BCUT2D eigenvalue weighted by molar-refractivity contribution is -0.134. The summed E-state index contributed by atoms with van der Waals surface area (Å²) in [6, 6.07) is 6.68. The molecular formula is C13H17NO4. The third-order valence-electron chi connectivity index (χ3n) is 2.32. The van der Waals surface area contributed by atoms with Crippen molar-refractivity contribution in [1.82, 2.24) is 0 Å².